The Labute approximate surface area is 168 Å². The lowest BCUT2D eigenvalue weighted by Crippen LogP contribution is -2.26. The van der Waals surface area contributed by atoms with E-state index in [0.29, 0.717) is 28.5 Å². The van der Waals surface area contributed by atoms with Gasteiger partial charge in [-0.3, -0.25) is 4.79 Å². The number of hydrogen-bond donors (Lipinski definition) is 2. The van der Waals surface area contributed by atoms with Gasteiger partial charge in [0.2, 0.25) is 0 Å². The predicted molar refractivity (Wildman–Crippen MR) is 113 cm³/mol. The highest BCUT2D eigenvalue weighted by Gasteiger charge is 2.13. The summed E-state index contributed by atoms with van der Waals surface area (Å²) in [6.07, 6.45) is 0. The molecule has 3 rings (SSSR count). The van der Waals surface area contributed by atoms with Gasteiger partial charge in [0.15, 0.2) is 0 Å². The van der Waals surface area contributed by atoms with Crippen LogP contribution in [0.1, 0.15) is 15.9 Å². The summed E-state index contributed by atoms with van der Waals surface area (Å²) < 4.78 is 0. The minimum absolute atomic E-state index is 0.120. The summed E-state index contributed by atoms with van der Waals surface area (Å²) in [7, 11) is 1.75. The SMILES string of the molecule is CN(Cc1ccccc1)C(=O)c1cccc(NC(=O)Nc2ccc(Cl)cc2)c1. The van der Waals surface area contributed by atoms with Crippen LogP contribution in [0.25, 0.3) is 0 Å². The van der Waals surface area contributed by atoms with Crippen molar-refractivity contribution in [1.29, 1.82) is 0 Å². The summed E-state index contributed by atoms with van der Waals surface area (Å²) in [5, 5.41) is 6.05. The Kier molecular flexibility index (Phi) is 6.29. The van der Waals surface area contributed by atoms with E-state index in [0.717, 1.165) is 5.56 Å². The van der Waals surface area contributed by atoms with Crippen molar-refractivity contribution in [1.82, 2.24) is 4.90 Å². The van der Waals surface area contributed by atoms with Gasteiger partial charge >= 0.3 is 6.03 Å². The van der Waals surface area contributed by atoms with Crippen LogP contribution in [0.3, 0.4) is 0 Å². The molecule has 0 bridgehead atoms. The first-order valence-electron chi connectivity index (χ1n) is 8.74. The van der Waals surface area contributed by atoms with Gasteiger partial charge in [-0.25, -0.2) is 4.79 Å². The molecule has 3 aromatic carbocycles. The number of nitrogens with zero attached hydrogens (tertiary/aromatic N) is 1. The minimum Gasteiger partial charge on any atom is -0.337 e. The third-order valence-corrected chi connectivity index (χ3v) is 4.33. The summed E-state index contributed by atoms with van der Waals surface area (Å²) in [5.41, 5.74) is 2.71. The number of urea groups is 1. The van der Waals surface area contributed by atoms with Gasteiger partial charge in [0.05, 0.1) is 0 Å². The fraction of sp³-hybridized carbons (Fsp3) is 0.0909. The van der Waals surface area contributed by atoms with Crippen LogP contribution in [0.2, 0.25) is 5.02 Å². The molecular weight excluding hydrogens is 374 g/mol. The summed E-state index contributed by atoms with van der Waals surface area (Å²) >= 11 is 5.84. The van der Waals surface area contributed by atoms with E-state index < -0.39 is 6.03 Å². The molecule has 0 aromatic heterocycles. The molecular formula is C22H20ClN3O2. The van der Waals surface area contributed by atoms with Crippen LogP contribution >= 0.6 is 11.6 Å². The Hall–Kier alpha value is -3.31. The Morgan fingerprint density at radius 3 is 2.25 bits per heavy atom. The summed E-state index contributed by atoms with van der Waals surface area (Å²) in [6, 6.07) is 23.0. The lowest BCUT2D eigenvalue weighted by molar-refractivity contribution is 0.0785. The van der Waals surface area contributed by atoms with E-state index in [1.54, 1.807) is 60.5 Å². The number of hydrogen-bond acceptors (Lipinski definition) is 2. The molecule has 5 nitrogen and oxygen atoms in total. The number of benzene rings is 3. The van der Waals surface area contributed by atoms with Gasteiger partial charge in [0.1, 0.15) is 0 Å². The molecule has 0 saturated heterocycles. The monoisotopic (exact) mass is 393 g/mol. The second-order valence-electron chi connectivity index (χ2n) is 6.31. The molecule has 142 valence electrons. The van der Waals surface area contributed by atoms with E-state index in [-0.39, 0.29) is 5.91 Å². The number of carbonyl (C=O) groups is 2. The maximum atomic E-state index is 12.7. The van der Waals surface area contributed by atoms with Crippen molar-refractivity contribution in [3.05, 3.63) is 95.0 Å². The Morgan fingerprint density at radius 1 is 0.857 bits per heavy atom. The standard InChI is InChI=1S/C22H20ClN3O2/c1-26(15-16-6-3-2-4-7-16)21(27)17-8-5-9-20(14-17)25-22(28)24-19-12-10-18(23)11-13-19/h2-14H,15H2,1H3,(H2,24,25,28). The second-order valence-corrected chi connectivity index (χ2v) is 6.75. The summed E-state index contributed by atoms with van der Waals surface area (Å²) in [4.78, 5) is 26.5. The largest absolute Gasteiger partial charge is 0.337 e. The highest BCUT2D eigenvalue weighted by atomic mass is 35.5. The zero-order valence-electron chi connectivity index (χ0n) is 15.4. The average molecular weight is 394 g/mol. The van der Waals surface area contributed by atoms with E-state index in [1.165, 1.54) is 0 Å². The zero-order chi connectivity index (χ0) is 19.9. The fourth-order valence-electron chi connectivity index (χ4n) is 2.71. The van der Waals surface area contributed by atoms with Crippen molar-refractivity contribution in [2.45, 2.75) is 6.54 Å². The lowest BCUT2D eigenvalue weighted by Gasteiger charge is -2.18. The van der Waals surface area contributed by atoms with E-state index in [2.05, 4.69) is 10.6 Å². The van der Waals surface area contributed by atoms with Crippen LogP contribution in [-0.4, -0.2) is 23.9 Å². The Morgan fingerprint density at radius 2 is 1.54 bits per heavy atom. The molecule has 0 heterocycles. The number of carbonyl (C=O) groups excluding carboxylic acids is 2. The van der Waals surface area contributed by atoms with E-state index in [9.17, 15) is 9.59 Å². The van der Waals surface area contributed by atoms with Crippen LogP contribution in [-0.2, 0) is 6.54 Å². The predicted octanol–water partition coefficient (Wildman–Crippen LogP) is 5.26. The van der Waals surface area contributed by atoms with Gasteiger partial charge in [-0.1, -0.05) is 48.0 Å². The molecule has 0 aliphatic heterocycles. The highest BCUT2D eigenvalue weighted by molar-refractivity contribution is 6.30. The molecule has 0 spiro atoms. The van der Waals surface area contributed by atoms with Gasteiger partial charge in [-0.15, -0.1) is 0 Å². The second kappa shape index (κ2) is 9.06. The number of rotatable bonds is 5. The molecule has 0 atom stereocenters. The van der Waals surface area contributed by atoms with Crippen molar-refractivity contribution in [3.63, 3.8) is 0 Å². The smallest absolute Gasteiger partial charge is 0.323 e. The summed E-state index contributed by atoms with van der Waals surface area (Å²) in [6.45, 7) is 0.508. The average Bonchev–Trinajstić information content (AvgIpc) is 2.70. The molecule has 28 heavy (non-hydrogen) atoms. The zero-order valence-corrected chi connectivity index (χ0v) is 16.1. The van der Waals surface area contributed by atoms with Gasteiger partial charge in [0, 0.05) is 35.6 Å². The molecule has 0 unspecified atom stereocenters. The molecule has 0 aliphatic carbocycles. The molecule has 2 N–H and O–H groups in total. The molecule has 3 amide bonds. The van der Waals surface area contributed by atoms with Crippen LogP contribution in [0.4, 0.5) is 16.2 Å². The maximum Gasteiger partial charge on any atom is 0.323 e. The van der Waals surface area contributed by atoms with Crippen molar-refractivity contribution < 1.29 is 9.59 Å². The van der Waals surface area contributed by atoms with Crippen molar-refractivity contribution in [2.24, 2.45) is 0 Å². The number of nitrogens with one attached hydrogen (secondary N) is 2. The van der Waals surface area contributed by atoms with Gasteiger partial charge in [-0.2, -0.15) is 0 Å². The molecule has 0 fully saturated rings. The summed E-state index contributed by atoms with van der Waals surface area (Å²) in [5.74, 6) is -0.120. The number of amides is 3. The van der Waals surface area contributed by atoms with Crippen LogP contribution in [0.5, 0.6) is 0 Å². The number of halogens is 1. The van der Waals surface area contributed by atoms with Crippen molar-refractivity contribution >= 4 is 34.9 Å². The fourth-order valence-corrected chi connectivity index (χ4v) is 2.83. The topological polar surface area (TPSA) is 61.4 Å². The first-order chi connectivity index (χ1) is 13.5. The quantitative estimate of drug-likeness (QED) is 0.621. The first-order valence-corrected chi connectivity index (χ1v) is 9.12. The molecule has 3 aromatic rings. The van der Waals surface area contributed by atoms with E-state index >= 15 is 0 Å². The third-order valence-electron chi connectivity index (χ3n) is 4.08. The van der Waals surface area contributed by atoms with Crippen LogP contribution < -0.4 is 10.6 Å². The normalized spacial score (nSPS) is 10.2. The maximum absolute atomic E-state index is 12.7. The molecule has 6 heteroatoms. The molecule has 0 saturated carbocycles. The van der Waals surface area contributed by atoms with E-state index in [1.807, 2.05) is 30.3 Å². The van der Waals surface area contributed by atoms with Gasteiger partial charge in [0.25, 0.3) is 5.91 Å². The van der Waals surface area contributed by atoms with Gasteiger partial charge in [-0.05, 0) is 48.0 Å². The van der Waals surface area contributed by atoms with E-state index in [4.69, 9.17) is 11.6 Å². The minimum atomic E-state index is -0.399. The Bertz CT molecular complexity index is 959. The highest BCUT2D eigenvalue weighted by Crippen LogP contribution is 2.16. The number of anilines is 2. The van der Waals surface area contributed by atoms with Crippen LogP contribution in [0, 0.1) is 0 Å². The lowest BCUT2D eigenvalue weighted by atomic mass is 10.1. The first kappa shape index (κ1) is 19.5. The molecule has 0 radical (unpaired) electrons. The Balaban J connectivity index is 1.63. The third kappa shape index (κ3) is 5.34. The molecule has 0 aliphatic rings. The van der Waals surface area contributed by atoms with Crippen LogP contribution in [0.15, 0.2) is 78.9 Å². The van der Waals surface area contributed by atoms with Crippen molar-refractivity contribution in [3.8, 4) is 0 Å². The van der Waals surface area contributed by atoms with Crippen molar-refractivity contribution in [2.75, 3.05) is 17.7 Å². The van der Waals surface area contributed by atoms with Gasteiger partial charge < -0.3 is 15.5 Å².